The minimum atomic E-state index is -3.40. The second kappa shape index (κ2) is 8.06. The molecule has 0 heterocycles. The zero-order chi connectivity index (χ0) is 17.6. The second-order valence-electron chi connectivity index (χ2n) is 5.26. The van der Waals surface area contributed by atoms with Crippen molar-refractivity contribution >= 4 is 15.7 Å². The molecule has 0 aliphatic heterocycles. The monoisotopic (exact) mass is 349 g/mol. The molecule has 130 valence electrons. The quantitative estimate of drug-likeness (QED) is 0.735. The molecular weight excluding hydrogens is 326 g/mol. The number of nitrogens with zero attached hydrogens (tertiary/aromatic N) is 1. The highest BCUT2D eigenvalue weighted by Gasteiger charge is 2.21. The lowest BCUT2D eigenvalue weighted by Gasteiger charge is -2.23. The fraction of sp³-hybridized carbons (Fsp3) is 0.333. The Labute approximate surface area is 143 Å². The zero-order valence-electron chi connectivity index (χ0n) is 14.2. The van der Waals surface area contributed by atoms with Gasteiger partial charge in [0.05, 0.1) is 25.7 Å². The van der Waals surface area contributed by atoms with Crippen LogP contribution in [0.1, 0.15) is 12.5 Å². The Kier molecular flexibility index (Phi) is 6.09. The Morgan fingerprint density at radius 3 is 2.21 bits per heavy atom. The number of sulfonamides is 1. The first-order chi connectivity index (χ1) is 11.5. The molecule has 0 aromatic heterocycles. The van der Waals surface area contributed by atoms with E-state index in [2.05, 4.69) is 0 Å². The van der Waals surface area contributed by atoms with Gasteiger partial charge in [-0.1, -0.05) is 24.3 Å². The predicted molar refractivity (Wildman–Crippen MR) is 96.5 cm³/mol. The van der Waals surface area contributed by atoms with Crippen LogP contribution in [-0.4, -0.2) is 34.9 Å². The van der Waals surface area contributed by atoms with Crippen LogP contribution in [-0.2, 0) is 16.4 Å². The highest BCUT2D eigenvalue weighted by molar-refractivity contribution is 7.92. The molecule has 0 saturated carbocycles. The summed E-state index contributed by atoms with van der Waals surface area (Å²) in [4.78, 5) is 0. The van der Waals surface area contributed by atoms with E-state index in [1.165, 1.54) is 4.31 Å². The molecule has 2 aromatic rings. The molecule has 0 amide bonds. The molecule has 0 saturated heterocycles. The third kappa shape index (κ3) is 4.20. The fourth-order valence-electron chi connectivity index (χ4n) is 2.53. The first-order valence-electron chi connectivity index (χ1n) is 7.78. The van der Waals surface area contributed by atoms with E-state index in [1.54, 1.807) is 32.4 Å². The lowest BCUT2D eigenvalue weighted by atomic mass is 10.1. The highest BCUT2D eigenvalue weighted by atomic mass is 32.2. The predicted octanol–water partition coefficient (Wildman–Crippen LogP) is 3.10. The Morgan fingerprint density at radius 2 is 1.62 bits per heavy atom. The van der Waals surface area contributed by atoms with Crippen molar-refractivity contribution in [3.8, 4) is 11.5 Å². The summed E-state index contributed by atoms with van der Waals surface area (Å²) >= 11 is 0. The van der Waals surface area contributed by atoms with Crippen molar-refractivity contribution in [2.24, 2.45) is 0 Å². The molecule has 2 aromatic carbocycles. The van der Waals surface area contributed by atoms with E-state index in [9.17, 15) is 8.42 Å². The summed E-state index contributed by atoms with van der Waals surface area (Å²) in [5.74, 6) is 1.26. The number of rotatable bonds is 8. The Hall–Kier alpha value is -2.21. The van der Waals surface area contributed by atoms with E-state index in [0.717, 1.165) is 5.56 Å². The summed E-state index contributed by atoms with van der Waals surface area (Å²) < 4.78 is 37.3. The summed E-state index contributed by atoms with van der Waals surface area (Å²) in [5, 5.41) is 0. The molecule has 0 N–H and O–H groups in total. The number of benzene rings is 2. The molecule has 24 heavy (non-hydrogen) atoms. The number of hydrogen-bond donors (Lipinski definition) is 0. The maximum Gasteiger partial charge on any atom is 0.235 e. The largest absolute Gasteiger partial charge is 0.493 e. The minimum Gasteiger partial charge on any atom is -0.493 e. The van der Waals surface area contributed by atoms with Crippen LogP contribution in [0, 0.1) is 0 Å². The molecule has 0 unspecified atom stereocenters. The summed E-state index contributed by atoms with van der Waals surface area (Å²) in [6.45, 7) is 2.24. The Bertz CT molecular complexity index is 760. The molecule has 0 fully saturated rings. The van der Waals surface area contributed by atoms with Gasteiger partial charge >= 0.3 is 0 Å². The van der Waals surface area contributed by atoms with Crippen molar-refractivity contribution in [1.82, 2.24) is 0 Å². The fourth-order valence-corrected chi connectivity index (χ4v) is 4.08. The van der Waals surface area contributed by atoms with E-state index in [0.29, 0.717) is 30.2 Å². The standard InChI is InChI=1S/C18H23NO4S/c1-4-19(16-8-6-5-7-9-16)24(20,21)13-12-15-10-11-17(22-2)18(14-15)23-3/h5-11,14H,4,12-13H2,1-3H3. The van der Waals surface area contributed by atoms with Crippen LogP contribution in [0.3, 0.4) is 0 Å². The van der Waals surface area contributed by atoms with E-state index < -0.39 is 10.0 Å². The number of hydrogen-bond acceptors (Lipinski definition) is 4. The lowest BCUT2D eigenvalue weighted by Crippen LogP contribution is -2.33. The summed E-state index contributed by atoms with van der Waals surface area (Å²) in [5.41, 5.74) is 1.58. The average molecular weight is 349 g/mol. The number of para-hydroxylation sites is 1. The highest BCUT2D eigenvalue weighted by Crippen LogP contribution is 2.28. The van der Waals surface area contributed by atoms with Crippen LogP contribution >= 0.6 is 0 Å². The van der Waals surface area contributed by atoms with Gasteiger partial charge in [-0.05, 0) is 43.2 Å². The Balaban J connectivity index is 2.15. The maximum absolute atomic E-state index is 12.7. The number of ether oxygens (including phenoxy) is 2. The number of methoxy groups -OCH3 is 2. The third-order valence-corrected chi connectivity index (χ3v) is 5.62. The van der Waals surface area contributed by atoms with E-state index >= 15 is 0 Å². The molecule has 2 rings (SSSR count). The number of aryl methyl sites for hydroxylation is 1. The zero-order valence-corrected chi connectivity index (χ0v) is 15.0. The first kappa shape index (κ1) is 18.1. The van der Waals surface area contributed by atoms with Crippen LogP contribution in [0.2, 0.25) is 0 Å². The molecule has 0 spiro atoms. The maximum atomic E-state index is 12.7. The Morgan fingerprint density at radius 1 is 0.958 bits per heavy atom. The van der Waals surface area contributed by atoms with E-state index in [1.807, 2.05) is 37.3 Å². The second-order valence-corrected chi connectivity index (χ2v) is 7.27. The normalized spacial score (nSPS) is 11.1. The molecule has 0 aliphatic rings. The van der Waals surface area contributed by atoms with E-state index in [-0.39, 0.29) is 5.75 Å². The van der Waals surface area contributed by atoms with Gasteiger partial charge in [0.2, 0.25) is 10.0 Å². The molecule has 0 aliphatic carbocycles. The van der Waals surface area contributed by atoms with Crippen molar-refractivity contribution < 1.29 is 17.9 Å². The summed E-state index contributed by atoms with van der Waals surface area (Å²) in [6, 6.07) is 14.6. The van der Waals surface area contributed by atoms with Gasteiger partial charge in [-0.3, -0.25) is 4.31 Å². The van der Waals surface area contributed by atoms with Crippen molar-refractivity contribution in [2.75, 3.05) is 30.8 Å². The van der Waals surface area contributed by atoms with Crippen molar-refractivity contribution in [2.45, 2.75) is 13.3 Å². The number of anilines is 1. The lowest BCUT2D eigenvalue weighted by molar-refractivity contribution is 0.354. The minimum absolute atomic E-state index is 0.0330. The van der Waals surface area contributed by atoms with Gasteiger partial charge < -0.3 is 9.47 Å². The van der Waals surface area contributed by atoms with E-state index in [4.69, 9.17) is 9.47 Å². The molecule has 0 radical (unpaired) electrons. The van der Waals surface area contributed by atoms with Crippen LogP contribution in [0.15, 0.2) is 48.5 Å². The molecule has 0 bridgehead atoms. The molecule has 5 nitrogen and oxygen atoms in total. The van der Waals surface area contributed by atoms with Gasteiger partial charge in [0, 0.05) is 6.54 Å². The van der Waals surface area contributed by atoms with Gasteiger partial charge in [-0.15, -0.1) is 0 Å². The van der Waals surface area contributed by atoms with Crippen LogP contribution < -0.4 is 13.8 Å². The average Bonchev–Trinajstić information content (AvgIpc) is 2.61. The topological polar surface area (TPSA) is 55.8 Å². The first-order valence-corrected chi connectivity index (χ1v) is 9.39. The van der Waals surface area contributed by atoms with Crippen LogP contribution in [0.5, 0.6) is 11.5 Å². The van der Waals surface area contributed by atoms with Crippen LogP contribution in [0.4, 0.5) is 5.69 Å². The molecule has 0 atom stereocenters. The van der Waals surface area contributed by atoms with Gasteiger partial charge in [-0.25, -0.2) is 8.42 Å². The summed E-state index contributed by atoms with van der Waals surface area (Å²) in [6.07, 6.45) is 0.409. The van der Waals surface area contributed by atoms with Gasteiger partial charge in [0.15, 0.2) is 11.5 Å². The third-order valence-electron chi connectivity index (χ3n) is 3.76. The molecule has 6 heteroatoms. The van der Waals surface area contributed by atoms with Gasteiger partial charge in [0.25, 0.3) is 0 Å². The summed E-state index contributed by atoms with van der Waals surface area (Å²) in [7, 11) is -0.265. The smallest absolute Gasteiger partial charge is 0.235 e. The van der Waals surface area contributed by atoms with Gasteiger partial charge in [0.1, 0.15) is 0 Å². The van der Waals surface area contributed by atoms with Gasteiger partial charge in [-0.2, -0.15) is 0 Å². The van der Waals surface area contributed by atoms with Crippen molar-refractivity contribution in [3.05, 3.63) is 54.1 Å². The molecular formula is C18H23NO4S. The van der Waals surface area contributed by atoms with Crippen LogP contribution in [0.25, 0.3) is 0 Å². The van der Waals surface area contributed by atoms with Crippen molar-refractivity contribution in [1.29, 1.82) is 0 Å². The van der Waals surface area contributed by atoms with Crippen molar-refractivity contribution in [3.63, 3.8) is 0 Å². The SMILES string of the molecule is CCN(c1ccccc1)S(=O)(=O)CCc1ccc(OC)c(OC)c1.